The average molecular weight is 535 g/mol. The third-order valence-electron chi connectivity index (χ3n) is 6.43. The predicted octanol–water partition coefficient (Wildman–Crippen LogP) is 3.25. The summed E-state index contributed by atoms with van der Waals surface area (Å²) >= 11 is 0. The first-order valence-corrected chi connectivity index (χ1v) is 12.8. The summed E-state index contributed by atoms with van der Waals surface area (Å²) in [4.78, 5) is 29.0. The van der Waals surface area contributed by atoms with Crippen LogP contribution in [0.3, 0.4) is 0 Å². The molecule has 204 valence electrons. The van der Waals surface area contributed by atoms with Gasteiger partial charge in [-0.3, -0.25) is 10.1 Å². The van der Waals surface area contributed by atoms with E-state index < -0.39 is 4.92 Å². The molecule has 1 aromatic heterocycles. The third-order valence-corrected chi connectivity index (χ3v) is 6.43. The monoisotopic (exact) mass is 534 g/mol. The highest BCUT2D eigenvalue weighted by molar-refractivity contribution is 5.81. The van der Waals surface area contributed by atoms with Gasteiger partial charge in [0.2, 0.25) is 17.8 Å². The van der Waals surface area contributed by atoms with Gasteiger partial charge in [-0.25, -0.2) is 5.43 Å². The maximum atomic E-state index is 11.3. The van der Waals surface area contributed by atoms with Crippen LogP contribution in [0.1, 0.15) is 24.0 Å². The lowest BCUT2D eigenvalue weighted by atomic mass is 10.2. The van der Waals surface area contributed by atoms with Crippen molar-refractivity contribution >= 4 is 29.7 Å². The second-order valence-corrected chi connectivity index (χ2v) is 9.01. The lowest BCUT2D eigenvalue weighted by molar-refractivity contribution is -0.385. The number of para-hydroxylation sites is 1. The molecule has 2 saturated heterocycles. The number of nitrogens with zero attached hydrogens (tertiary/aromatic N) is 7. The number of morpholine rings is 1. The van der Waals surface area contributed by atoms with Crippen molar-refractivity contribution in [2.75, 3.05) is 61.7 Å². The van der Waals surface area contributed by atoms with E-state index in [1.807, 2.05) is 6.07 Å². The van der Waals surface area contributed by atoms with Gasteiger partial charge in [0, 0.05) is 32.2 Å². The Bertz CT molecular complexity index is 1330. The maximum Gasteiger partial charge on any atom is 0.276 e. The Morgan fingerprint density at radius 2 is 1.74 bits per heavy atom. The van der Waals surface area contributed by atoms with Crippen molar-refractivity contribution in [2.24, 2.45) is 5.10 Å². The first kappa shape index (κ1) is 26.1. The zero-order chi connectivity index (χ0) is 27.0. The van der Waals surface area contributed by atoms with Gasteiger partial charge in [0.25, 0.3) is 5.69 Å². The highest BCUT2D eigenvalue weighted by atomic mass is 16.6. The first-order valence-electron chi connectivity index (χ1n) is 12.8. The molecule has 3 heterocycles. The van der Waals surface area contributed by atoms with Crippen LogP contribution in [0.15, 0.2) is 47.6 Å². The molecule has 0 saturated carbocycles. The fourth-order valence-corrected chi connectivity index (χ4v) is 4.38. The minimum absolute atomic E-state index is 0.00860. The van der Waals surface area contributed by atoms with Crippen molar-refractivity contribution in [3.05, 3.63) is 63.7 Å². The quantitative estimate of drug-likeness (QED) is 0.233. The van der Waals surface area contributed by atoms with Crippen LogP contribution in [0.5, 0.6) is 11.5 Å². The van der Waals surface area contributed by atoms with Crippen molar-refractivity contribution < 1.29 is 19.1 Å². The minimum Gasteiger partial charge on any atom is -0.493 e. The molecule has 2 aliphatic heterocycles. The van der Waals surface area contributed by atoms with Gasteiger partial charge in [-0.05, 0) is 42.7 Å². The molecule has 0 aliphatic carbocycles. The first-order chi connectivity index (χ1) is 19.1. The lowest BCUT2D eigenvalue weighted by Gasteiger charge is -2.27. The smallest absolute Gasteiger partial charge is 0.276 e. The molecular formula is C26H30N8O5. The molecule has 3 aromatic rings. The van der Waals surface area contributed by atoms with Crippen LogP contribution < -0.4 is 24.7 Å². The zero-order valence-corrected chi connectivity index (χ0v) is 21.7. The van der Waals surface area contributed by atoms with E-state index in [1.165, 1.54) is 13.2 Å². The number of benzene rings is 2. The van der Waals surface area contributed by atoms with E-state index in [2.05, 4.69) is 30.3 Å². The zero-order valence-electron chi connectivity index (χ0n) is 21.7. The summed E-state index contributed by atoms with van der Waals surface area (Å²) in [5.41, 5.74) is 4.17. The Hall–Kier alpha value is -4.52. The normalized spacial score (nSPS) is 15.5. The Kier molecular flexibility index (Phi) is 8.26. The second kappa shape index (κ2) is 12.3. The number of rotatable bonds is 10. The number of nitro groups is 1. The molecule has 2 fully saturated rings. The highest BCUT2D eigenvalue weighted by Crippen LogP contribution is 2.29. The van der Waals surface area contributed by atoms with E-state index in [0.29, 0.717) is 48.1 Å². The summed E-state index contributed by atoms with van der Waals surface area (Å²) in [6.07, 6.45) is 3.86. The minimum atomic E-state index is -0.424. The molecule has 1 N–H and O–H groups in total. The summed E-state index contributed by atoms with van der Waals surface area (Å²) < 4.78 is 16.8. The molecule has 0 atom stereocenters. The van der Waals surface area contributed by atoms with Gasteiger partial charge >= 0.3 is 0 Å². The van der Waals surface area contributed by atoms with E-state index in [-0.39, 0.29) is 12.3 Å². The number of ether oxygens (including phenoxy) is 3. The average Bonchev–Trinajstić information content (AvgIpc) is 3.52. The van der Waals surface area contributed by atoms with Crippen molar-refractivity contribution in [2.45, 2.75) is 19.4 Å². The van der Waals surface area contributed by atoms with Crippen LogP contribution in [0.25, 0.3) is 0 Å². The summed E-state index contributed by atoms with van der Waals surface area (Å²) in [6, 6.07) is 11.8. The van der Waals surface area contributed by atoms with Crippen LogP contribution in [0, 0.1) is 10.1 Å². The van der Waals surface area contributed by atoms with Gasteiger partial charge in [0.05, 0.1) is 37.0 Å². The molecule has 0 amide bonds. The molecule has 0 bridgehead atoms. The number of nitro benzene ring substituents is 1. The Balaban J connectivity index is 1.28. The molecule has 0 spiro atoms. The largest absolute Gasteiger partial charge is 0.493 e. The predicted molar refractivity (Wildman–Crippen MR) is 146 cm³/mol. The molecule has 13 heteroatoms. The van der Waals surface area contributed by atoms with Crippen LogP contribution in [0.4, 0.5) is 23.5 Å². The van der Waals surface area contributed by atoms with Gasteiger partial charge in [0.15, 0.2) is 11.5 Å². The van der Waals surface area contributed by atoms with Crippen LogP contribution >= 0.6 is 0 Å². The number of aromatic nitrogens is 3. The fraction of sp³-hybridized carbons (Fsp3) is 0.385. The molecule has 5 rings (SSSR count). The molecule has 39 heavy (non-hydrogen) atoms. The van der Waals surface area contributed by atoms with E-state index >= 15 is 0 Å². The number of anilines is 3. The summed E-state index contributed by atoms with van der Waals surface area (Å²) in [5, 5.41) is 15.6. The topological polar surface area (TPSA) is 140 Å². The number of hydrogen-bond acceptors (Lipinski definition) is 12. The SMILES string of the molecule is COc1cc(/C=N\Nc2nc(N3CCCC3)nc(N3CCOCC3)n2)ccc1OCc1ccccc1[N+](=O)[O-]. The third kappa shape index (κ3) is 6.49. The molecule has 0 radical (unpaired) electrons. The summed E-state index contributed by atoms with van der Waals surface area (Å²) in [5.74, 6) is 2.55. The Morgan fingerprint density at radius 1 is 1.03 bits per heavy atom. The molecular weight excluding hydrogens is 504 g/mol. The van der Waals surface area contributed by atoms with E-state index in [4.69, 9.17) is 19.2 Å². The van der Waals surface area contributed by atoms with Crippen molar-refractivity contribution in [3.63, 3.8) is 0 Å². The number of hydrogen-bond donors (Lipinski definition) is 1. The van der Waals surface area contributed by atoms with Gasteiger partial charge in [-0.1, -0.05) is 12.1 Å². The summed E-state index contributed by atoms with van der Waals surface area (Å²) in [6.45, 7) is 4.58. The van der Waals surface area contributed by atoms with Gasteiger partial charge in [0.1, 0.15) is 6.61 Å². The highest BCUT2D eigenvalue weighted by Gasteiger charge is 2.21. The van der Waals surface area contributed by atoms with Crippen molar-refractivity contribution in [1.82, 2.24) is 15.0 Å². The van der Waals surface area contributed by atoms with E-state index in [9.17, 15) is 10.1 Å². The summed E-state index contributed by atoms with van der Waals surface area (Å²) in [7, 11) is 1.53. The van der Waals surface area contributed by atoms with E-state index in [1.54, 1.807) is 36.5 Å². The van der Waals surface area contributed by atoms with Crippen LogP contribution in [0.2, 0.25) is 0 Å². The van der Waals surface area contributed by atoms with Crippen molar-refractivity contribution in [1.29, 1.82) is 0 Å². The van der Waals surface area contributed by atoms with E-state index in [0.717, 1.165) is 44.6 Å². The van der Waals surface area contributed by atoms with Crippen molar-refractivity contribution in [3.8, 4) is 11.5 Å². The molecule has 2 aromatic carbocycles. The van der Waals surface area contributed by atoms with Gasteiger partial charge < -0.3 is 24.0 Å². The number of nitrogens with one attached hydrogen (secondary N) is 1. The van der Waals surface area contributed by atoms with Gasteiger partial charge in [-0.2, -0.15) is 20.1 Å². The Labute approximate surface area is 225 Å². The Morgan fingerprint density at radius 3 is 2.46 bits per heavy atom. The second-order valence-electron chi connectivity index (χ2n) is 9.01. The molecule has 2 aliphatic rings. The van der Waals surface area contributed by atoms with Crippen LogP contribution in [-0.4, -0.2) is 72.6 Å². The van der Waals surface area contributed by atoms with Crippen LogP contribution in [-0.2, 0) is 11.3 Å². The maximum absolute atomic E-state index is 11.3. The van der Waals surface area contributed by atoms with Gasteiger partial charge in [-0.15, -0.1) is 0 Å². The standard InChI is InChI=1S/C26H30N8O5/c1-37-23-16-19(8-9-22(23)39-18-20-6-2-3-7-21(20)34(35)36)17-27-31-24-28-25(32-10-4-5-11-32)30-26(29-24)33-12-14-38-15-13-33/h2-3,6-9,16-17H,4-5,10-15,18H2,1H3,(H,28,29,30,31)/b27-17-. The molecule has 0 unspecified atom stereocenters. The fourth-order valence-electron chi connectivity index (χ4n) is 4.38. The lowest BCUT2D eigenvalue weighted by Crippen LogP contribution is -2.38. The number of hydrazone groups is 1. The molecule has 13 nitrogen and oxygen atoms in total. The number of methoxy groups -OCH3 is 1.